The third kappa shape index (κ3) is 3.38. The number of β-amino-alcohol motifs (C(OH)–C–C–N with tert-alkyl or cyclic N) is 1. The van der Waals surface area contributed by atoms with Crippen LogP contribution in [-0.4, -0.2) is 70.7 Å². The molecule has 0 bridgehead atoms. The Labute approximate surface area is 135 Å². The van der Waals surface area contributed by atoms with Gasteiger partial charge in [0.25, 0.3) is 0 Å². The lowest BCUT2D eigenvalue weighted by Gasteiger charge is -2.24. The first-order valence-corrected chi connectivity index (χ1v) is 7.91. The van der Waals surface area contributed by atoms with E-state index in [0.717, 1.165) is 6.42 Å². The van der Waals surface area contributed by atoms with Crippen molar-refractivity contribution in [1.29, 1.82) is 0 Å². The van der Waals surface area contributed by atoms with E-state index in [-0.39, 0.29) is 36.9 Å². The van der Waals surface area contributed by atoms with Gasteiger partial charge >= 0.3 is 5.97 Å². The van der Waals surface area contributed by atoms with E-state index >= 15 is 0 Å². The lowest BCUT2D eigenvalue weighted by atomic mass is 10.1. The number of carbonyl (C=O) groups is 2. The number of amides is 1. The molecule has 2 fully saturated rings. The summed E-state index contributed by atoms with van der Waals surface area (Å²) in [5, 5.41) is 19.0. The number of aliphatic hydroxyl groups is 1. The number of rotatable bonds is 5. The molecular weight excluding hydrogens is 296 g/mol. The Bertz CT molecular complexity index is 592. The van der Waals surface area contributed by atoms with Crippen LogP contribution < -0.4 is 0 Å². The molecule has 1 saturated carbocycles. The summed E-state index contributed by atoms with van der Waals surface area (Å²) < 4.78 is 0. The summed E-state index contributed by atoms with van der Waals surface area (Å²) in [6.45, 7) is 0.535. The zero-order valence-electron chi connectivity index (χ0n) is 13.1. The number of hydrogen-bond donors (Lipinski definition) is 2. The molecule has 1 aromatic rings. The summed E-state index contributed by atoms with van der Waals surface area (Å²) in [6.07, 6.45) is 0.155. The fraction of sp³-hybridized carbons (Fsp3) is 0.529. The van der Waals surface area contributed by atoms with Crippen LogP contribution in [0.5, 0.6) is 0 Å². The fourth-order valence-electron chi connectivity index (χ4n) is 3.48. The molecule has 6 nitrogen and oxygen atoms in total. The number of carbonyl (C=O) groups excluding carboxylic acids is 1. The number of aliphatic carboxylic acids is 1. The molecule has 124 valence electrons. The molecule has 23 heavy (non-hydrogen) atoms. The van der Waals surface area contributed by atoms with Gasteiger partial charge in [-0.05, 0) is 24.9 Å². The van der Waals surface area contributed by atoms with Crippen LogP contribution in [0.2, 0.25) is 0 Å². The number of aliphatic hydroxyl groups excluding tert-OH is 1. The summed E-state index contributed by atoms with van der Waals surface area (Å²) in [7, 11) is 1.67. The largest absolute Gasteiger partial charge is 0.480 e. The smallest absolute Gasteiger partial charge is 0.317 e. The lowest BCUT2D eigenvalue weighted by molar-refractivity contribution is -0.138. The summed E-state index contributed by atoms with van der Waals surface area (Å²) in [6, 6.07) is 9.68. The van der Waals surface area contributed by atoms with Crippen molar-refractivity contribution in [2.75, 3.05) is 26.7 Å². The van der Waals surface area contributed by atoms with E-state index in [4.69, 9.17) is 5.11 Å². The van der Waals surface area contributed by atoms with Crippen LogP contribution in [0, 0.1) is 5.92 Å². The number of nitrogens with zero attached hydrogens (tertiary/aromatic N) is 2. The van der Waals surface area contributed by atoms with Gasteiger partial charge in [-0.15, -0.1) is 0 Å². The molecule has 0 unspecified atom stereocenters. The van der Waals surface area contributed by atoms with E-state index in [9.17, 15) is 14.7 Å². The molecule has 3 rings (SSSR count). The minimum Gasteiger partial charge on any atom is -0.480 e. The van der Waals surface area contributed by atoms with Crippen LogP contribution in [-0.2, 0) is 9.59 Å². The highest BCUT2D eigenvalue weighted by Crippen LogP contribution is 2.48. The monoisotopic (exact) mass is 318 g/mol. The SMILES string of the molecule is CN(CC(=O)O)[C@@H]1CN(C(=O)[C@H]2C[C@H]2c2ccccc2)C[C@H]1O. The van der Waals surface area contributed by atoms with Gasteiger partial charge in [0.15, 0.2) is 0 Å². The lowest BCUT2D eigenvalue weighted by Crippen LogP contribution is -2.43. The van der Waals surface area contributed by atoms with Gasteiger partial charge in [0.2, 0.25) is 5.91 Å². The minimum atomic E-state index is -0.934. The number of carboxylic acid groups (broad SMARTS) is 1. The van der Waals surface area contributed by atoms with Crippen molar-refractivity contribution < 1.29 is 19.8 Å². The van der Waals surface area contributed by atoms with Crippen molar-refractivity contribution in [1.82, 2.24) is 9.80 Å². The first-order chi connectivity index (χ1) is 11.0. The van der Waals surface area contributed by atoms with Gasteiger partial charge in [-0.2, -0.15) is 0 Å². The highest BCUT2D eigenvalue weighted by molar-refractivity contribution is 5.83. The van der Waals surface area contributed by atoms with Gasteiger partial charge in [0.05, 0.1) is 18.7 Å². The first-order valence-electron chi connectivity index (χ1n) is 7.91. The van der Waals surface area contributed by atoms with Gasteiger partial charge < -0.3 is 15.1 Å². The molecule has 1 aliphatic carbocycles. The molecule has 4 atom stereocenters. The van der Waals surface area contributed by atoms with Crippen molar-refractivity contribution in [2.24, 2.45) is 5.92 Å². The van der Waals surface area contributed by atoms with Crippen LogP contribution in [0.1, 0.15) is 17.9 Å². The molecule has 1 aromatic carbocycles. The molecule has 2 aliphatic rings. The molecule has 1 aliphatic heterocycles. The van der Waals surface area contributed by atoms with Crippen LogP contribution in [0.3, 0.4) is 0 Å². The second-order valence-electron chi connectivity index (χ2n) is 6.55. The van der Waals surface area contributed by atoms with E-state index in [2.05, 4.69) is 0 Å². The van der Waals surface area contributed by atoms with Crippen molar-refractivity contribution in [3.63, 3.8) is 0 Å². The maximum absolute atomic E-state index is 12.6. The van der Waals surface area contributed by atoms with Crippen LogP contribution in [0.4, 0.5) is 0 Å². The van der Waals surface area contributed by atoms with Crippen LogP contribution in [0.15, 0.2) is 30.3 Å². The van der Waals surface area contributed by atoms with Crippen LogP contribution in [0.25, 0.3) is 0 Å². The van der Waals surface area contributed by atoms with E-state index in [1.807, 2.05) is 30.3 Å². The van der Waals surface area contributed by atoms with E-state index in [1.165, 1.54) is 5.56 Å². The standard InChI is InChI=1S/C17H22N2O4/c1-18(10-16(21)22)14-8-19(9-15(14)20)17(23)13-7-12(13)11-5-3-2-4-6-11/h2-6,12-15,20H,7-10H2,1H3,(H,21,22)/t12-,13-,14+,15+/m0/s1. The van der Waals surface area contributed by atoms with Crippen molar-refractivity contribution in [3.8, 4) is 0 Å². The van der Waals surface area contributed by atoms with E-state index in [0.29, 0.717) is 6.54 Å². The van der Waals surface area contributed by atoms with Gasteiger partial charge in [-0.1, -0.05) is 30.3 Å². The zero-order chi connectivity index (χ0) is 16.6. The molecule has 6 heteroatoms. The summed E-state index contributed by atoms with van der Waals surface area (Å²) in [4.78, 5) is 26.7. The highest BCUT2D eigenvalue weighted by Gasteiger charge is 2.48. The quantitative estimate of drug-likeness (QED) is 0.820. The number of hydrogen-bond acceptors (Lipinski definition) is 4. The Morgan fingerprint density at radius 3 is 2.61 bits per heavy atom. The fourth-order valence-corrected chi connectivity index (χ4v) is 3.48. The first kappa shape index (κ1) is 16.0. The molecule has 0 radical (unpaired) electrons. The second kappa shape index (κ2) is 6.29. The molecule has 1 amide bonds. The maximum Gasteiger partial charge on any atom is 0.317 e. The highest BCUT2D eigenvalue weighted by atomic mass is 16.4. The topological polar surface area (TPSA) is 81.1 Å². The Kier molecular flexibility index (Phi) is 4.37. The summed E-state index contributed by atoms with van der Waals surface area (Å²) in [5.74, 6) is -0.593. The van der Waals surface area contributed by atoms with Crippen LogP contribution >= 0.6 is 0 Å². The predicted octanol–water partition coefficient (Wildman–Crippen LogP) is 0.378. The molecule has 0 aromatic heterocycles. The summed E-state index contributed by atoms with van der Waals surface area (Å²) in [5.41, 5.74) is 1.19. The number of benzene rings is 1. The van der Waals surface area contributed by atoms with Gasteiger partial charge in [-0.25, -0.2) is 0 Å². The third-order valence-electron chi connectivity index (χ3n) is 4.86. The van der Waals surface area contributed by atoms with Gasteiger partial charge in [-0.3, -0.25) is 14.5 Å². The van der Waals surface area contributed by atoms with Crippen molar-refractivity contribution in [2.45, 2.75) is 24.5 Å². The minimum absolute atomic E-state index is 0.00636. The number of likely N-dealkylation sites (N-methyl/N-ethyl adjacent to an activating group) is 1. The Balaban J connectivity index is 1.59. The molecular formula is C17H22N2O4. The molecule has 1 heterocycles. The van der Waals surface area contributed by atoms with E-state index in [1.54, 1.807) is 16.8 Å². The average molecular weight is 318 g/mol. The summed E-state index contributed by atoms with van der Waals surface area (Å²) >= 11 is 0. The molecule has 2 N–H and O–H groups in total. The zero-order valence-corrected chi connectivity index (χ0v) is 13.1. The number of carboxylic acids is 1. The Hall–Kier alpha value is -1.92. The number of likely N-dealkylation sites (tertiary alicyclic amines) is 1. The molecule has 0 spiro atoms. The normalized spacial score (nSPS) is 29.8. The van der Waals surface area contributed by atoms with Crippen molar-refractivity contribution >= 4 is 11.9 Å². The predicted molar refractivity (Wildman–Crippen MR) is 83.9 cm³/mol. The van der Waals surface area contributed by atoms with Gasteiger partial charge in [0, 0.05) is 19.0 Å². The molecule has 1 saturated heterocycles. The second-order valence-corrected chi connectivity index (χ2v) is 6.55. The average Bonchev–Trinajstić information content (AvgIpc) is 3.22. The Morgan fingerprint density at radius 1 is 1.26 bits per heavy atom. The maximum atomic E-state index is 12.6. The van der Waals surface area contributed by atoms with E-state index < -0.39 is 12.1 Å². The van der Waals surface area contributed by atoms with Gasteiger partial charge in [0.1, 0.15) is 0 Å². The van der Waals surface area contributed by atoms with Crippen molar-refractivity contribution in [3.05, 3.63) is 35.9 Å². The Morgan fingerprint density at radius 2 is 1.96 bits per heavy atom. The third-order valence-corrected chi connectivity index (χ3v) is 4.86.